The molecular weight excluding hydrogens is 296 g/mol. The fourth-order valence-electron chi connectivity index (χ4n) is 2.19. The number of carboxylic acids is 1. The highest BCUT2D eigenvalue weighted by Crippen LogP contribution is 2.25. The Morgan fingerprint density at radius 3 is 2.81 bits per heavy atom. The van der Waals surface area contributed by atoms with Gasteiger partial charge in [-0.05, 0) is 31.4 Å². The third-order valence-corrected chi connectivity index (χ3v) is 3.65. The number of ether oxygens (including phenoxy) is 1. The summed E-state index contributed by atoms with van der Waals surface area (Å²) in [6.07, 6.45) is 0.0322. The van der Waals surface area contributed by atoms with Gasteiger partial charge in [0.1, 0.15) is 0 Å². The first-order valence-electron chi connectivity index (χ1n) is 6.65. The van der Waals surface area contributed by atoms with E-state index in [1.54, 1.807) is 12.1 Å². The number of rotatable bonds is 4. The van der Waals surface area contributed by atoms with Gasteiger partial charge in [-0.25, -0.2) is 9.59 Å². The van der Waals surface area contributed by atoms with Crippen molar-refractivity contribution in [1.82, 2.24) is 5.32 Å². The number of hydrogen-bond donors (Lipinski definition) is 3. The van der Waals surface area contributed by atoms with Crippen molar-refractivity contribution in [3.05, 3.63) is 28.8 Å². The number of para-hydroxylation sites is 1. The molecule has 1 saturated heterocycles. The monoisotopic (exact) mass is 312 g/mol. The first kappa shape index (κ1) is 15.6. The van der Waals surface area contributed by atoms with E-state index in [1.807, 2.05) is 13.0 Å². The first-order valence-corrected chi connectivity index (χ1v) is 7.03. The van der Waals surface area contributed by atoms with E-state index in [0.29, 0.717) is 23.6 Å². The van der Waals surface area contributed by atoms with Crippen LogP contribution in [0, 0.1) is 6.92 Å². The molecule has 2 atom stereocenters. The van der Waals surface area contributed by atoms with Gasteiger partial charge in [-0.3, -0.25) is 0 Å². The zero-order valence-corrected chi connectivity index (χ0v) is 12.3. The summed E-state index contributed by atoms with van der Waals surface area (Å²) in [7, 11) is 0. The van der Waals surface area contributed by atoms with Gasteiger partial charge in [0, 0.05) is 6.54 Å². The molecule has 3 N–H and O–H groups in total. The maximum atomic E-state index is 11.8. The Bertz CT molecular complexity index is 530. The predicted octanol–water partition coefficient (Wildman–Crippen LogP) is 2.40. The van der Waals surface area contributed by atoms with Gasteiger partial charge in [0.15, 0.2) is 6.10 Å². The number of amides is 2. The molecule has 0 aromatic heterocycles. The Kier molecular flexibility index (Phi) is 5.03. The molecule has 114 valence electrons. The lowest BCUT2D eigenvalue weighted by atomic mass is 10.2. The Morgan fingerprint density at radius 1 is 1.43 bits per heavy atom. The summed E-state index contributed by atoms with van der Waals surface area (Å²) in [5.41, 5.74) is 1.42. The highest BCUT2D eigenvalue weighted by atomic mass is 35.5. The number of hydrogen-bond acceptors (Lipinski definition) is 3. The number of aliphatic carboxylic acids is 1. The molecule has 6 nitrogen and oxygen atoms in total. The average Bonchev–Trinajstić information content (AvgIpc) is 2.90. The Hall–Kier alpha value is -1.79. The van der Waals surface area contributed by atoms with Crippen molar-refractivity contribution in [2.24, 2.45) is 0 Å². The van der Waals surface area contributed by atoms with Gasteiger partial charge in [0.25, 0.3) is 0 Å². The number of carbonyl (C=O) groups excluding carboxylic acids is 1. The lowest BCUT2D eigenvalue weighted by Gasteiger charge is -2.14. The van der Waals surface area contributed by atoms with E-state index in [2.05, 4.69) is 10.6 Å². The van der Waals surface area contributed by atoms with Gasteiger partial charge >= 0.3 is 12.0 Å². The van der Waals surface area contributed by atoms with Crippen molar-refractivity contribution in [1.29, 1.82) is 0 Å². The number of carbonyl (C=O) groups is 2. The Balaban J connectivity index is 1.82. The van der Waals surface area contributed by atoms with Crippen molar-refractivity contribution in [3.8, 4) is 0 Å². The van der Waals surface area contributed by atoms with E-state index in [4.69, 9.17) is 21.4 Å². The van der Waals surface area contributed by atoms with Crippen molar-refractivity contribution in [2.75, 3.05) is 11.9 Å². The average molecular weight is 313 g/mol. The highest BCUT2D eigenvalue weighted by molar-refractivity contribution is 6.33. The largest absolute Gasteiger partial charge is 0.479 e. The molecule has 0 spiro atoms. The number of anilines is 1. The normalized spacial score (nSPS) is 21.0. The summed E-state index contributed by atoms with van der Waals surface area (Å²) in [5.74, 6) is -0.964. The van der Waals surface area contributed by atoms with Gasteiger partial charge in [0.2, 0.25) is 0 Å². The van der Waals surface area contributed by atoms with Crippen LogP contribution in [0.5, 0.6) is 0 Å². The second kappa shape index (κ2) is 6.78. The van der Waals surface area contributed by atoms with Crippen molar-refractivity contribution >= 4 is 29.3 Å². The summed E-state index contributed by atoms with van der Waals surface area (Å²) in [5, 5.41) is 14.6. The molecule has 7 heteroatoms. The highest BCUT2D eigenvalue weighted by Gasteiger charge is 2.30. The fraction of sp³-hybridized carbons (Fsp3) is 0.429. The second-order valence-corrected chi connectivity index (χ2v) is 5.34. The van der Waals surface area contributed by atoms with Crippen molar-refractivity contribution < 1.29 is 19.4 Å². The molecule has 2 unspecified atom stereocenters. The molecule has 1 aromatic rings. The van der Waals surface area contributed by atoms with E-state index in [9.17, 15) is 9.59 Å². The molecule has 0 aliphatic carbocycles. The third kappa shape index (κ3) is 4.09. The topological polar surface area (TPSA) is 87.7 Å². The summed E-state index contributed by atoms with van der Waals surface area (Å²) >= 11 is 6.02. The summed E-state index contributed by atoms with van der Waals surface area (Å²) in [6, 6.07) is 4.95. The minimum absolute atomic E-state index is 0.263. The lowest BCUT2D eigenvalue weighted by Crippen LogP contribution is -2.36. The van der Waals surface area contributed by atoms with Crippen LogP contribution in [0.15, 0.2) is 18.2 Å². The van der Waals surface area contributed by atoms with E-state index >= 15 is 0 Å². The zero-order chi connectivity index (χ0) is 15.4. The first-order chi connectivity index (χ1) is 9.97. The molecule has 1 aliphatic heterocycles. The fourth-order valence-corrected chi connectivity index (χ4v) is 2.46. The van der Waals surface area contributed by atoms with Gasteiger partial charge in [0.05, 0.1) is 16.8 Å². The summed E-state index contributed by atoms with van der Waals surface area (Å²) < 4.78 is 5.30. The zero-order valence-electron chi connectivity index (χ0n) is 11.6. The maximum absolute atomic E-state index is 11.8. The van der Waals surface area contributed by atoms with E-state index in [1.165, 1.54) is 0 Å². The maximum Gasteiger partial charge on any atom is 0.332 e. The van der Waals surface area contributed by atoms with Gasteiger partial charge < -0.3 is 20.5 Å². The van der Waals surface area contributed by atoms with E-state index < -0.39 is 18.1 Å². The van der Waals surface area contributed by atoms with Crippen LogP contribution < -0.4 is 10.6 Å². The van der Waals surface area contributed by atoms with Crippen LogP contribution in [0.4, 0.5) is 10.5 Å². The smallest absolute Gasteiger partial charge is 0.332 e. The number of nitrogens with one attached hydrogen (secondary N) is 2. The molecule has 2 amide bonds. The lowest BCUT2D eigenvalue weighted by molar-refractivity contribution is -0.149. The van der Waals surface area contributed by atoms with Crippen molar-refractivity contribution in [2.45, 2.75) is 32.0 Å². The molecule has 1 fully saturated rings. The SMILES string of the molecule is Cc1cccc(Cl)c1NC(=O)NCC1CCC(C(=O)O)O1. The molecular formula is C14H17ClN2O4. The van der Waals surface area contributed by atoms with E-state index in [-0.39, 0.29) is 12.6 Å². The van der Waals surface area contributed by atoms with Crippen LogP contribution in [0.25, 0.3) is 0 Å². The minimum Gasteiger partial charge on any atom is -0.479 e. The molecule has 21 heavy (non-hydrogen) atoms. The number of carboxylic acid groups (broad SMARTS) is 1. The van der Waals surface area contributed by atoms with Crippen LogP contribution in [0.2, 0.25) is 5.02 Å². The standard InChI is InChI=1S/C14H17ClN2O4/c1-8-3-2-4-10(15)12(8)17-14(20)16-7-9-5-6-11(21-9)13(18)19/h2-4,9,11H,5-7H2,1H3,(H,18,19)(H2,16,17,20). The predicted molar refractivity (Wildman–Crippen MR) is 78.7 cm³/mol. The molecule has 2 rings (SSSR count). The van der Waals surface area contributed by atoms with Crippen LogP contribution >= 0.6 is 11.6 Å². The van der Waals surface area contributed by atoms with Crippen LogP contribution in [0.3, 0.4) is 0 Å². The van der Waals surface area contributed by atoms with Crippen LogP contribution in [-0.4, -0.2) is 35.9 Å². The Labute approximate surface area is 127 Å². The van der Waals surface area contributed by atoms with Gasteiger partial charge in [-0.1, -0.05) is 23.7 Å². The number of benzene rings is 1. The number of urea groups is 1. The molecule has 1 heterocycles. The van der Waals surface area contributed by atoms with Gasteiger partial charge in [-0.15, -0.1) is 0 Å². The molecule has 0 saturated carbocycles. The number of halogens is 1. The molecule has 1 aromatic carbocycles. The number of aryl methyl sites for hydroxylation is 1. The minimum atomic E-state index is -0.964. The van der Waals surface area contributed by atoms with Crippen LogP contribution in [-0.2, 0) is 9.53 Å². The second-order valence-electron chi connectivity index (χ2n) is 4.93. The quantitative estimate of drug-likeness (QED) is 0.796. The molecule has 1 aliphatic rings. The third-order valence-electron chi connectivity index (χ3n) is 3.33. The summed E-state index contributed by atoms with van der Waals surface area (Å²) in [4.78, 5) is 22.6. The van der Waals surface area contributed by atoms with Crippen LogP contribution in [0.1, 0.15) is 18.4 Å². The van der Waals surface area contributed by atoms with Gasteiger partial charge in [-0.2, -0.15) is 0 Å². The summed E-state index contributed by atoms with van der Waals surface area (Å²) in [6.45, 7) is 2.11. The van der Waals surface area contributed by atoms with Crippen molar-refractivity contribution in [3.63, 3.8) is 0 Å². The molecule has 0 bridgehead atoms. The van der Waals surface area contributed by atoms with E-state index in [0.717, 1.165) is 5.56 Å². The molecule has 0 radical (unpaired) electrons. The Morgan fingerprint density at radius 2 is 2.19 bits per heavy atom.